The number of ether oxygens (including phenoxy) is 3. The van der Waals surface area contributed by atoms with Gasteiger partial charge in [0.1, 0.15) is 0 Å². The number of urea groups is 1. The zero-order valence-electron chi connectivity index (χ0n) is 20.5. The summed E-state index contributed by atoms with van der Waals surface area (Å²) in [5.41, 5.74) is 4.40. The standard InChI is InChI=1S/C27H27N3O6/c1-15(25(31)30-27(33)28-2)36-26(32)23-18-7-5-6-8-20(18)29-24-17(10-11-19(23)24)13-16-9-12-21(34-3)22(14-16)35-4/h5-9,12-15H,10-11H2,1-4H3,(H2,28,30,31,33)/b17-13+. The summed E-state index contributed by atoms with van der Waals surface area (Å²) in [5.74, 6) is -0.108. The van der Waals surface area contributed by atoms with E-state index >= 15 is 0 Å². The zero-order valence-corrected chi connectivity index (χ0v) is 20.5. The summed E-state index contributed by atoms with van der Waals surface area (Å²) in [7, 11) is 4.56. The minimum Gasteiger partial charge on any atom is -0.493 e. The molecule has 1 atom stereocenters. The molecule has 2 N–H and O–H groups in total. The Morgan fingerprint density at radius 1 is 1.03 bits per heavy atom. The van der Waals surface area contributed by atoms with E-state index < -0.39 is 24.0 Å². The number of nitrogens with one attached hydrogen (secondary N) is 2. The van der Waals surface area contributed by atoms with Gasteiger partial charge in [0.05, 0.1) is 31.0 Å². The Labute approximate surface area is 208 Å². The van der Waals surface area contributed by atoms with Crippen molar-refractivity contribution in [3.8, 4) is 11.5 Å². The molecule has 36 heavy (non-hydrogen) atoms. The van der Waals surface area contributed by atoms with E-state index in [0.29, 0.717) is 40.8 Å². The van der Waals surface area contributed by atoms with Crippen molar-refractivity contribution >= 4 is 40.5 Å². The highest BCUT2D eigenvalue weighted by Crippen LogP contribution is 2.38. The molecule has 1 aliphatic carbocycles. The first kappa shape index (κ1) is 24.7. The molecule has 1 heterocycles. The van der Waals surface area contributed by atoms with Crippen molar-refractivity contribution in [2.75, 3.05) is 21.3 Å². The highest BCUT2D eigenvalue weighted by atomic mass is 16.5. The largest absolute Gasteiger partial charge is 0.493 e. The van der Waals surface area contributed by atoms with Crippen LogP contribution < -0.4 is 20.1 Å². The molecule has 1 unspecified atom stereocenters. The number of hydrogen-bond donors (Lipinski definition) is 2. The molecule has 0 saturated carbocycles. The number of carbonyl (C=O) groups is 3. The normalized spacial score (nSPS) is 14.2. The topological polar surface area (TPSA) is 116 Å². The van der Waals surface area contributed by atoms with Gasteiger partial charge in [0, 0.05) is 12.4 Å². The van der Waals surface area contributed by atoms with Gasteiger partial charge in [-0.1, -0.05) is 24.3 Å². The van der Waals surface area contributed by atoms with Crippen LogP contribution in [0, 0.1) is 0 Å². The van der Waals surface area contributed by atoms with E-state index in [1.807, 2.05) is 48.5 Å². The fourth-order valence-electron chi connectivity index (χ4n) is 4.21. The average molecular weight is 490 g/mol. The molecule has 1 aromatic heterocycles. The molecular weight excluding hydrogens is 462 g/mol. The SMILES string of the molecule is CNC(=O)NC(=O)C(C)OC(=O)c1c2c(nc3ccccc13)/C(=C/c1ccc(OC)c(OC)c1)CC2. The minimum absolute atomic E-state index is 0.380. The van der Waals surface area contributed by atoms with E-state index in [1.54, 1.807) is 14.2 Å². The van der Waals surface area contributed by atoms with E-state index in [1.165, 1.54) is 14.0 Å². The predicted molar refractivity (Wildman–Crippen MR) is 135 cm³/mol. The third-order valence-electron chi connectivity index (χ3n) is 6.01. The summed E-state index contributed by atoms with van der Waals surface area (Å²) in [6.45, 7) is 1.42. The van der Waals surface area contributed by atoms with Crippen molar-refractivity contribution in [2.24, 2.45) is 0 Å². The van der Waals surface area contributed by atoms with Crippen molar-refractivity contribution in [2.45, 2.75) is 25.9 Å². The van der Waals surface area contributed by atoms with Crippen molar-refractivity contribution in [1.29, 1.82) is 0 Å². The third-order valence-corrected chi connectivity index (χ3v) is 6.01. The molecule has 0 bridgehead atoms. The van der Waals surface area contributed by atoms with Gasteiger partial charge in [-0.15, -0.1) is 0 Å². The number of amides is 3. The van der Waals surface area contributed by atoms with Crippen LogP contribution in [0.15, 0.2) is 42.5 Å². The van der Waals surface area contributed by atoms with Crippen LogP contribution in [0.5, 0.6) is 11.5 Å². The van der Waals surface area contributed by atoms with Crippen LogP contribution in [0.1, 0.15) is 40.5 Å². The van der Waals surface area contributed by atoms with Crippen molar-refractivity contribution in [3.63, 3.8) is 0 Å². The van der Waals surface area contributed by atoms with E-state index in [9.17, 15) is 14.4 Å². The molecule has 3 aromatic rings. The molecule has 9 nitrogen and oxygen atoms in total. The average Bonchev–Trinajstić information content (AvgIpc) is 3.28. The van der Waals surface area contributed by atoms with Gasteiger partial charge < -0.3 is 19.5 Å². The van der Waals surface area contributed by atoms with Gasteiger partial charge in [0.2, 0.25) is 0 Å². The fourth-order valence-corrected chi connectivity index (χ4v) is 4.21. The number of carbonyl (C=O) groups excluding carboxylic acids is 3. The molecule has 0 fully saturated rings. The lowest BCUT2D eigenvalue weighted by Gasteiger charge is -2.16. The lowest BCUT2D eigenvalue weighted by atomic mass is 10.0. The molecule has 0 radical (unpaired) electrons. The molecule has 4 rings (SSSR count). The molecule has 9 heteroatoms. The monoisotopic (exact) mass is 489 g/mol. The Bertz CT molecular complexity index is 1380. The lowest BCUT2D eigenvalue weighted by molar-refractivity contribution is -0.127. The first-order valence-corrected chi connectivity index (χ1v) is 11.4. The van der Waals surface area contributed by atoms with E-state index in [2.05, 4.69) is 10.6 Å². The van der Waals surface area contributed by atoms with Crippen molar-refractivity contribution in [1.82, 2.24) is 15.6 Å². The van der Waals surface area contributed by atoms with Gasteiger partial charge in [-0.3, -0.25) is 10.1 Å². The van der Waals surface area contributed by atoms with Crippen LogP contribution in [0.4, 0.5) is 4.79 Å². The Morgan fingerprint density at radius 3 is 2.50 bits per heavy atom. The Morgan fingerprint density at radius 2 is 1.78 bits per heavy atom. The first-order chi connectivity index (χ1) is 17.4. The second-order valence-corrected chi connectivity index (χ2v) is 8.23. The molecule has 0 spiro atoms. The summed E-state index contributed by atoms with van der Waals surface area (Å²) in [4.78, 5) is 41.9. The van der Waals surface area contributed by atoms with E-state index in [-0.39, 0.29) is 0 Å². The van der Waals surface area contributed by atoms with Gasteiger partial charge in [-0.05, 0) is 60.7 Å². The molecule has 0 saturated heterocycles. The summed E-state index contributed by atoms with van der Waals surface area (Å²) >= 11 is 0. The molecule has 186 valence electrons. The minimum atomic E-state index is -1.17. The quantitative estimate of drug-likeness (QED) is 0.507. The number of nitrogens with zero attached hydrogens (tertiary/aromatic N) is 1. The number of rotatable bonds is 6. The smallest absolute Gasteiger partial charge is 0.339 e. The molecule has 1 aliphatic rings. The van der Waals surface area contributed by atoms with Crippen molar-refractivity contribution < 1.29 is 28.6 Å². The van der Waals surface area contributed by atoms with Crippen molar-refractivity contribution in [3.05, 3.63) is 64.8 Å². The maximum absolute atomic E-state index is 13.3. The van der Waals surface area contributed by atoms with Crippen LogP contribution in [0.25, 0.3) is 22.6 Å². The number of benzene rings is 2. The maximum Gasteiger partial charge on any atom is 0.339 e. The Kier molecular flexibility index (Phi) is 7.19. The van der Waals surface area contributed by atoms with Crippen LogP contribution in [0.3, 0.4) is 0 Å². The van der Waals surface area contributed by atoms with Crippen LogP contribution in [-0.2, 0) is 16.0 Å². The Hall–Kier alpha value is -4.40. The maximum atomic E-state index is 13.3. The molecule has 2 aromatic carbocycles. The predicted octanol–water partition coefficient (Wildman–Crippen LogP) is 3.74. The molecular formula is C27H27N3O6. The number of para-hydroxylation sites is 1. The summed E-state index contributed by atoms with van der Waals surface area (Å²) < 4.78 is 16.2. The highest BCUT2D eigenvalue weighted by molar-refractivity contribution is 6.08. The lowest BCUT2D eigenvalue weighted by Crippen LogP contribution is -2.43. The fraction of sp³-hybridized carbons (Fsp3) is 0.259. The number of methoxy groups -OCH3 is 2. The van der Waals surface area contributed by atoms with Gasteiger partial charge >= 0.3 is 12.0 Å². The van der Waals surface area contributed by atoms with Crippen LogP contribution in [-0.4, -0.2) is 50.3 Å². The Balaban J connectivity index is 1.72. The number of pyridine rings is 1. The van der Waals surface area contributed by atoms with Gasteiger partial charge in [0.25, 0.3) is 5.91 Å². The van der Waals surface area contributed by atoms with Crippen LogP contribution >= 0.6 is 0 Å². The van der Waals surface area contributed by atoms with E-state index in [0.717, 1.165) is 22.4 Å². The second kappa shape index (κ2) is 10.5. The number of fused-ring (bicyclic) bond motifs is 2. The summed E-state index contributed by atoms with van der Waals surface area (Å²) in [5, 5.41) is 5.06. The highest BCUT2D eigenvalue weighted by Gasteiger charge is 2.29. The number of aromatic nitrogens is 1. The van der Waals surface area contributed by atoms with E-state index in [4.69, 9.17) is 19.2 Å². The van der Waals surface area contributed by atoms with Gasteiger partial charge in [-0.2, -0.15) is 0 Å². The van der Waals surface area contributed by atoms with Gasteiger partial charge in [-0.25, -0.2) is 14.6 Å². The number of esters is 1. The molecule has 0 aliphatic heterocycles. The number of imide groups is 1. The molecule has 3 amide bonds. The zero-order chi connectivity index (χ0) is 25.8. The summed E-state index contributed by atoms with van der Waals surface area (Å²) in [6.07, 6.45) is 2.13. The van der Waals surface area contributed by atoms with Gasteiger partial charge in [0.15, 0.2) is 17.6 Å². The first-order valence-electron chi connectivity index (χ1n) is 11.4. The number of hydrogen-bond acceptors (Lipinski definition) is 7. The summed E-state index contributed by atoms with van der Waals surface area (Å²) in [6, 6.07) is 12.3. The number of allylic oxidation sites excluding steroid dienone is 1. The second-order valence-electron chi connectivity index (χ2n) is 8.23. The third kappa shape index (κ3) is 4.86. The van der Waals surface area contributed by atoms with Crippen LogP contribution in [0.2, 0.25) is 0 Å².